The van der Waals surface area contributed by atoms with Crippen LogP contribution >= 0.6 is 0 Å². The molecule has 0 unspecified atom stereocenters. The highest BCUT2D eigenvalue weighted by Gasteiger charge is 2.14. The molecule has 1 amide bonds. The number of halogens is 1. The molecule has 2 aromatic carbocycles. The Kier molecular flexibility index (Phi) is 5.58. The maximum absolute atomic E-state index is 13.7. The van der Waals surface area contributed by atoms with Gasteiger partial charge in [-0.3, -0.25) is 4.79 Å². The van der Waals surface area contributed by atoms with Crippen molar-refractivity contribution >= 4 is 11.6 Å². The van der Waals surface area contributed by atoms with Gasteiger partial charge in [0.1, 0.15) is 11.6 Å². The van der Waals surface area contributed by atoms with E-state index in [1.54, 1.807) is 30.3 Å². The fourth-order valence-electron chi connectivity index (χ4n) is 2.39. The molecule has 3 rings (SSSR count). The first-order valence-corrected chi connectivity index (χ1v) is 8.26. The number of para-hydroxylation sites is 2. The van der Waals surface area contributed by atoms with Crippen LogP contribution in [0.5, 0.6) is 5.75 Å². The third-order valence-corrected chi connectivity index (χ3v) is 3.61. The molecule has 134 valence electrons. The fourth-order valence-corrected chi connectivity index (χ4v) is 2.39. The van der Waals surface area contributed by atoms with Crippen LogP contribution in [0.1, 0.15) is 19.2 Å². The number of carbonyl (C=O) groups is 1. The molecule has 0 fully saturated rings. The average molecular weight is 355 g/mol. The highest BCUT2D eigenvalue weighted by atomic mass is 19.1. The Morgan fingerprint density at radius 2 is 1.96 bits per heavy atom. The molecule has 1 N–H and O–H groups in total. The lowest BCUT2D eigenvalue weighted by atomic mass is 10.2. The first-order chi connectivity index (χ1) is 12.7. The summed E-state index contributed by atoms with van der Waals surface area (Å²) in [6.07, 6.45) is 0.406. The van der Waals surface area contributed by atoms with Crippen molar-refractivity contribution in [3.8, 4) is 17.1 Å². The zero-order chi connectivity index (χ0) is 18.4. The van der Waals surface area contributed by atoms with Gasteiger partial charge in [-0.2, -0.15) is 4.98 Å². The van der Waals surface area contributed by atoms with E-state index in [0.29, 0.717) is 18.0 Å². The maximum atomic E-state index is 13.7. The number of aryl methyl sites for hydroxylation is 1. The van der Waals surface area contributed by atoms with Crippen LogP contribution in [0.15, 0.2) is 53.1 Å². The van der Waals surface area contributed by atoms with Gasteiger partial charge >= 0.3 is 0 Å². The minimum Gasteiger partial charge on any atom is -0.492 e. The van der Waals surface area contributed by atoms with Crippen molar-refractivity contribution in [2.45, 2.75) is 19.8 Å². The predicted molar refractivity (Wildman–Crippen MR) is 94.3 cm³/mol. The smallest absolute Gasteiger partial charge is 0.227 e. The third-order valence-electron chi connectivity index (χ3n) is 3.61. The lowest BCUT2D eigenvalue weighted by molar-refractivity contribution is -0.116. The second-order valence-electron chi connectivity index (χ2n) is 5.47. The van der Waals surface area contributed by atoms with Gasteiger partial charge in [0.05, 0.1) is 17.9 Å². The van der Waals surface area contributed by atoms with E-state index in [0.717, 1.165) is 0 Å². The number of rotatable bonds is 7. The van der Waals surface area contributed by atoms with Gasteiger partial charge in [-0.25, -0.2) is 4.39 Å². The molecule has 1 heterocycles. The van der Waals surface area contributed by atoms with E-state index >= 15 is 0 Å². The molecule has 1 aromatic heterocycles. The van der Waals surface area contributed by atoms with E-state index < -0.39 is 5.82 Å². The van der Waals surface area contributed by atoms with Crippen LogP contribution < -0.4 is 10.1 Å². The molecule has 26 heavy (non-hydrogen) atoms. The number of aromatic nitrogens is 2. The number of nitrogens with one attached hydrogen (secondary N) is 1. The molecule has 7 heteroatoms. The van der Waals surface area contributed by atoms with Crippen molar-refractivity contribution in [3.63, 3.8) is 0 Å². The van der Waals surface area contributed by atoms with Crippen LogP contribution in [0, 0.1) is 5.82 Å². The standard InChI is InChI=1S/C19H18FN3O3/c1-2-25-16-10-6-5-9-15(16)21-17(24)11-12-18-22-19(23-26-18)13-7-3-4-8-14(13)20/h3-10H,2,11-12H2,1H3,(H,21,24). The molecule has 6 nitrogen and oxygen atoms in total. The molecule has 0 saturated heterocycles. The number of ether oxygens (including phenoxy) is 1. The molecule has 0 atom stereocenters. The summed E-state index contributed by atoms with van der Waals surface area (Å²) in [7, 11) is 0. The fraction of sp³-hybridized carbons (Fsp3) is 0.211. The molecule has 0 aliphatic carbocycles. The quantitative estimate of drug-likeness (QED) is 0.697. The van der Waals surface area contributed by atoms with Crippen molar-refractivity contribution in [2.75, 3.05) is 11.9 Å². The van der Waals surface area contributed by atoms with Gasteiger partial charge in [0.15, 0.2) is 0 Å². The molecule has 0 saturated carbocycles. The first kappa shape index (κ1) is 17.6. The van der Waals surface area contributed by atoms with Crippen molar-refractivity contribution in [3.05, 3.63) is 60.2 Å². The number of amides is 1. The van der Waals surface area contributed by atoms with Crippen molar-refractivity contribution in [2.24, 2.45) is 0 Å². The van der Waals surface area contributed by atoms with Crippen LogP contribution in [0.4, 0.5) is 10.1 Å². The van der Waals surface area contributed by atoms with Gasteiger partial charge in [-0.1, -0.05) is 29.4 Å². The summed E-state index contributed by atoms with van der Waals surface area (Å²) in [5, 5.41) is 6.57. The topological polar surface area (TPSA) is 77.2 Å². The zero-order valence-corrected chi connectivity index (χ0v) is 14.2. The van der Waals surface area contributed by atoms with Crippen LogP contribution in [0.2, 0.25) is 0 Å². The molecular formula is C19H18FN3O3. The summed E-state index contributed by atoms with van der Waals surface area (Å²) in [5.41, 5.74) is 0.870. The van der Waals surface area contributed by atoms with Crippen LogP contribution in [-0.2, 0) is 11.2 Å². The minimum atomic E-state index is -0.426. The summed E-state index contributed by atoms with van der Waals surface area (Å²) in [4.78, 5) is 16.3. The average Bonchev–Trinajstić information content (AvgIpc) is 3.11. The Morgan fingerprint density at radius 1 is 1.19 bits per heavy atom. The van der Waals surface area contributed by atoms with Crippen molar-refractivity contribution < 1.29 is 18.4 Å². The monoisotopic (exact) mass is 355 g/mol. The normalized spacial score (nSPS) is 10.5. The molecule has 3 aromatic rings. The SMILES string of the molecule is CCOc1ccccc1NC(=O)CCc1nc(-c2ccccc2F)no1. The summed E-state index contributed by atoms with van der Waals surface area (Å²) in [5.74, 6) is 0.424. The van der Waals surface area contributed by atoms with E-state index in [1.165, 1.54) is 6.07 Å². The highest BCUT2D eigenvalue weighted by molar-refractivity contribution is 5.92. The largest absolute Gasteiger partial charge is 0.492 e. The highest BCUT2D eigenvalue weighted by Crippen LogP contribution is 2.24. The number of benzene rings is 2. The number of hydrogen-bond donors (Lipinski definition) is 1. The van der Waals surface area contributed by atoms with Crippen LogP contribution in [-0.4, -0.2) is 22.7 Å². The third kappa shape index (κ3) is 4.24. The maximum Gasteiger partial charge on any atom is 0.227 e. The number of hydrogen-bond acceptors (Lipinski definition) is 5. The summed E-state index contributed by atoms with van der Waals surface area (Å²) in [6, 6.07) is 13.4. The molecule has 0 aliphatic rings. The van der Waals surface area contributed by atoms with Gasteiger partial charge in [-0.15, -0.1) is 0 Å². The zero-order valence-electron chi connectivity index (χ0n) is 14.2. The lowest BCUT2D eigenvalue weighted by Crippen LogP contribution is -2.13. The Bertz CT molecular complexity index is 895. The molecule has 0 bridgehead atoms. The van der Waals surface area contributed by atoms with Gasteiger partial charge in [0.2, 0.25) is 17.6 Å². The minimum absolute atomic E-state index is 0.152. The molecule has 0 spiro atoms. The van der Waals surface area contributed by atoms with E-state index in [-0.39, 0.29) is 36.0 Å². The summed E-state index contributed by atoms with van der Waals surface area (Å²) in [6.45, 7) is 2.38. The van der Waals surface area contributed by atoms with Gasteiger partial charge in [-0.05, 0) is 31.2 Å². The van der Waals surface area contributed by atoms with Crippen molar-refractivity contribution in [1.29, 1.82) is 0 Å². The van der Waals surface area contributed by atoms with Gasteiger partial charge in [0.25, 0.3) is 0 Å². The van der Waals surface area contributed by atoms with Crippen LogP contribution in [0.3, 0.4) is 0 Å². The van der Waals surface area contributed by atoms with E-state index in [2.05, 4.69) is 15.5 Å². The number of carbonyl (C=O) groups excluding carboxylic acids is 1. The predicted octanol–water partition coefficient (Wildman–Crippen LogP) is 3.85. The number of nitrogens with zero attached hydrogens (tertiary/aromatic N) is 2. The molecule has 0 radical (unpaired) electrons. The summed E-state index contributed by atoms with van der Waals surface area (Å²) >= 11 is 0. The first-order valence-electron chi connectivity index (χ1n) is 8.26. The second-order valence-corrected chi connectivity index (χ2v) is 5.47. The Balaban J connectivity index is 1.60. The van der Waals surface area contributed by atoms with Gasteiger partial charge in [0, 0.05) is 12.8 Å². The van der Waals surface area contributed by atoms with E-state index in [4.69, 9.17) is 9.26 Å². The summed E-state index contributed by atoms with van der Waals surface area (Å²) < 4.78 is 24.3. The lowest BCUT2D eigenvalue weighted by Gasteiger charge is -2.10. The van der Waals surface area contributed by atoms with Gasteiger partial charge < -0.3 is 14.6 Å². The van der Waals surface area contributed by atoms with Crippen molar-refractivity contribution in [1.82, 2.24) is 10.1 Å². The Labute approximate surface area is 150 Å². The molecule has 0 aliphatic heterocycles. The second kappa shape index (κ2) is 8.24. The Morgan fingerprint density at radius 3 is 2.77 bits per heavy atom. The van der Waals surface area contributed by atoms with E-state index in [9.17, 15) is 9.18 Å². The van der Waals surface area contributed by atoms with E-state index in [1.807, 2.05) is 19.1 Å². The van der Waals surface area contributed by atoms with Crippen LogP contribution in [0.25, 0.3) is 11.4 Å². The Hall–Kier alpha value is -3.22. The number of anilines is 1. The molecular weight excluding hydrogens is 337 g/mol.